The molecule has 1 heterocycles. The Morgan fingerprint density at radius 3 is 2.63 bits per heavy atom. The molecule has 0 aliphatic carbocycles. The second kappa shape index (κ2) is 4.82. The van der Waals surface area contributed by atoms with Gasteiger partial charge in [0.2, 0.25) is 0 Å². The minimum Gasteiger partial charge on any atom is -0.351 e. The topological polar surface area (TPSA) is 46.3 Å². The van der Waals surface area contributed by atoms with Gasteiger partial charge in [-0.15, -0.1) is 0 Å². The van der Waals surface area contributed by atoms with E-state index in [4.69, 9.17) is 5.73 Å². The third-order valence-electron chi connectivity index (χ3n) is 4.19. The number of halogens is 1. The van der Waals surface area contributed by atoms with Crippen LogP contribution in [0.1, 0.15) is 39.2 Å². The van der Waals surface area contributed by atoms with Crippen LogP contribution in [0.2, 0.25) is 0 Å². The quantitative estimate of drug-likeness (QED) is 0.837. The number of benzene rings is 1. The highest BCUT2D eigenvalue weighted by Crippen LogP contribution is 2.51. The Bertz CT molecular complexity index is 495. The number of hydrogen-bond acceptors (Lipinski definition) is 1. The molecule has 0 bridgehead atoms. The van der Waals surface area contributed by atoms with E-state index in [-0.39, 0.29) is 17.0 Å². The van der Waals surface area contributed by atoms with E-state index in [2.05, 4.69) is 48.8 Å². The van der Waals surface area contributed by atoms with Crippen molar-refractivity contribution in [1.82, 2.24) is 4.90 Å². The van der Waals surface area contributed by atoms with Crippen molar-refractivity contribution in [2.45, 2.75) is 39.2 Å². The second-order valence-electron chi connectivity index (χ2n) is 6.21. The summed E-state index contributed by atoms with van der Waals surface area (Å²) in [7, 11) is 0. The lowest BCUT2D eigenvalue weighted by Gasteiger charge is -2.48. The Kier molecular flexibility index (Phi) is 3.65. The molecule has 104 valence electrons. The maximum atomic E-state index is 11.9. The number of amides is 2. The molecule has 1 aromatic carbocycles. The molecule has 1 aliphatic heterocycles. The van der Waals surface area contributed by atoms with E-state index < -0.39 is 0 Å². The van der Waals surface area contributed by atoms with Crippen molar-refractivity contribution in [3.05, 3.63) is 34.3 Å². The summed E-state index contributed by atoms with van der Waals surface area (Å²) < 4.78 is 1.03. The van der Waals surface area contributed by atoms with Crippen molar-refractivity contribution < 1.29 is 4.79 Å². The molecule has 1 fully saturated rings. The predicted octanol–water partition coefficient (Wildman–Crippen LogP) is 3.87. The Morgan fingerprint density at radius 2 is 2.11 bits per heavy atom. The van der Waals surface area contributed by atoms with Gasteiger partial charge in [0.05, 0.1) is 5.54 Å². The maximum Gasteiger partial charge on any atom is 0.315 e. The van der Waals surface area contributed by atoms with Gasteiger partial charge in [0.1, 0.15) is 0 Å². The highest BCUT2D eigenvalue weighted by Gasteiger charge is 2.52. The summed E-state index contributed by atoms with van der Waals surface area (Å²) in [5.41, 5.74) is 6.39. The minimum absolute atomic E-state index is 0.0701. The van der Waals surface area contributed by atoms with Gasteiger partial charge in [-0.05, 0) is 36.0 Å². The first kappa shape index (κ1) is 14.4. The highest BCUT2D eigenvalue weighted by molar-refractivity contribution is 9.10. The Labute approximate surface area is 123 Å². The number of rotatable bonds is 1. The SMILES string of the molecule is CC(C)(C)C1(c2cccc(Br)c2)CCCN1C(N)=O. The first-order valence-corrected chi connectivity index (χ1v) is 7.41. The Hall–Kier alpha value is -1.03. The molecule has 19 heavy (non-hydrogen) atoms. The first-order valence-electron chi connectivity index (χ1n) is 6.62. The van der Waals surface area contributed by atoms with Crippen molar-refractivity contribution in [2.75, 3.05) is 6.54 Å². The van der Waals surface area contributed by atoms with Gasteiger partial charge < -0.3 is 10.6 Å². The molecule has 1 atom stereocenters. The molecular weight excluding hydrogens is 304 g/mol. The average molecular weight is 325 g/mol. The Morgan fingerprint density at radius 1 is 1.42 bits per heavy atom. The summed E-state index contributed by atoms with van der Waals surface area (Å²) >= 11 is 3.52. The minimum atomic E-state index is -0.326. The molecule has 4 heteroatoms. The van der Waals surface area contributed by atoms with Crippen LogP contribution in [0, 0.1) is 5.41 Å². The van der Waals surface area contributed by atoms with Gasteiger partial charge in [0.15, 0.2) is 0 Å². The number of primary amides is 1. The maximum absolute atomic E-state index is 11.9. The van der Waals surface area contributed by atoms with Gasteiger partial charge >= 0.3 is 6.03 Å². The molecule has 1 aromatic rings. The largest absolute Gasteiger partial charge is 0.351 e. The lowest BCUT2D eigenvalue weighted by Crippen LogP contribution is -2.54. The van der Waals surface area contributed by atoms with Crippen LogP contribution in [0.25, 0.3) is 0 Å². The van der Waals surface area contributed by atoms with Crippen molar-refractivity contribution >= 4 is 22.0 Å². The third kappa shape index (κ3) is 2.27. The number of likely N-dealkylation sites (tertiary alicyclic amines) is 1. The van der Waals surface area contributed by atoms with Crippen molar-refractivity contribution in [1.29, 1.82) is 0 Å². The lowest BCUT2D eigenvalue weighted by molar-refractivity contribution is 0.0524. The number of carbonyl (C=O) groups is 1. The molecule has 0 aromatic heterocycles. The van der Waals surface area contributed by atoms with Gasteiger partial charge in [-0.3, -0.25) is 0 Å². The average Bonchev–Trinajstić information content (AvgIpc) is 2.73. The van der Waals surface area contributed by atoms with Gasteiger partial charge in [0, 0.05) is 11.0 Å². The lowest BCUT2D eigenvalue weighted by atomic mass is 9.68. The van der Waals surface area contributed by atoms with Gasteiger partial charge in [0.25, 0.3) is 0 Å². The van der Waals surface area contributed by atoms with Crippen molar-refractivity contribution in [2.24, 2.45) is 11.1 Å². The van der Waals surface area contributed by atoms with Crippen LogP contribution in [0.4, 0.5) is 4.79 Å². The summed E-state index contributed by atoms with van der Waals surface area (Å²) in [5.74, 6) is 0. The smallest absolute Gasteiger partial charge is 0.315 e. The summed E-state index contributed by atoms with van der Waals surface area (Å²) in [4.78, 5) is 13.7. The molecule has 2 N–H and O–H groups in total. The molecule has 1 unspecified atom stereocenters. The van der Waals surface area contributed by atoms with Gasteiger partial charge in [-0.2, -0.15) is 0 Å². The van der Waals surface area contributed by atoms with E-state index in [1.807, 2.05) is 17.0 Å². The summed E-state index contributed by atoms with van der Waals surface area (Å²) in [5, 5.41) is 0. The number of carbonyl (C=O) groups excluding carboxylic acids is 1. The van der Waals surface area contributed by atoms with Crippen LogP contribution in [0.15, 0.2) is 28.7 Å². The van der Waals surface area contributed by atoms with Crippen LogP contribution in [-0.4, -0.2) is 17.5 Å². The molecule has 3 nitrogen and oxygen atoms in total. The second-order valence-corrected chi connectivity index (χ2v) is 7.13. The van der Waals surface area contributed by atoms with Crippen LogP contribution in [-0.2, 0) is 5.54 Å². The van der Waals surface area contributed by atoms with E-state index in [1.54, 1.807) is 0 Å². The van der Waals surface area contributed by atoms with E-state index in [0.717, 1.165) is 29.4 Å². The number of urea groups is 1. The van der Waals surface area contributed by atoms with Gasteiger partial charge in [-0.25, -0.2) is 4.79 Å². The summed E-state index contributed by atoms with van der Waals surface area (Å²) in [6.07, 6.45) is 1.95. The molecule has 0 saturated carbocycles. The highest BCUT2D eigenvalue weighted by atomic mass is 79.9. The zero-order valence-corrected chi connectivity index (χ0v) is 13.3. The van der Waals surface area contributed by atoms with Gasteiger partial charge in [-0.1, -0.05) is 48.8 Å². The fourth-order valence-corrected chi connectivity index (χ4v) is 3.78. The zero-order valence-electron chi connectivity index (χ0n) is 11.7. The van der Waals surface area contributed by atoms with Crippen molar-refractivity contribution in [3.8, 4) is 0 Å². The van der Waals surface area contributed by atoms with Crippen LogP contribution in [0.5, 0.6) is 0 Å². The predicted molar refractivity (Wildman–Crippen MR) is 80.8 cm³/mol. The third-order valence-corrected chi connectivity index (χ3v) is 4.68. The van der Waals surface area contributed by atoms with E-state index in [0.29, 0.717) is 0 Å². The molecular formula is C15H21BrN2O. The van der Waals surface area contributed by atoms with E-state index in [1.165, 1.54) is 0 Å². The summed E-state index contributed by atoms with van der Waals surface area (Å²) in [6, 6.07) is 7.89. The summed E-state index contributed by atoms with van der Waals surface area (Å²) in [6.45, 7) is 7.26. The van der Waals surface area contributed by atoms with Crippen LogP contribution >= 0.6 is 15.9 Å². The molecule has 2 amide bonds. The Balaban J connectivity index is 2.62. The van der Waals surface area contributed by atoms with E-state index in [9.17, 15) is 4.79 Å². The van der Waals surface area contributed by atoms with E-state index >= 15 is 0 Å². The molecule has 1 saturated heterocycles. The molecule has 0 radical (unpaired) electrons. The van der Waals surface area contributed by atoms with Crippen LogP contribution < -0.4 is 5.73 Å². The monoisotopic (exact) mass is 324 g/mol. The molecule has 2 rings (SSSR count). The van der Waals surface area contributed by atoms with Crippen LogP contribution in [0.3, 0.4) is 0 Å². The first-order chi connectivity index (χ1) is 8.79. The molecule has 1 aliphatic rings. The molecule has 0 spiro atoms. The fraction of sp³-hybridized carbons (Fsp3) is 0.533. The van der Waals surface area contributed by atoms with Crippen molar-refractivity contribution in [3.63, 3.8) is 0 Å². The number of nitrogens with zero attached hydrogens (tertiary/aromatic N) is 1. The zero-order chi connectivity index (χ0) is 14.3. The number of nitrogens with two attached hydrogens (primary N) is 1. The standard InChI is InChI=1S/C15H21BrN2O/c1-14(2,3)15(8-5-9-18(15)13(17)19)11-6-4-7-12(16)10-11/h4,6-7,10H,5,8-9H2,1-3H3,(H2,17,19). The normalized spacial score (nSPS) is 23.7. The fourth-order valence-electron chi connectivity index (χ4n) is 3.38. The number of hydrogen-bond donors (Lipinski definition) is 1.